The van der Waals surface area contributed by atoms with Crippen molar-refractivity contribution in [3.63, 3.8) is 0 Å². The van der Waals surface area contributed by atoms with Gasteiger partial charge in [0.15, 0.2) is 0 Å². The summed E-state index contributed by atoms with van der Waals surface area (Å²) < 4.78 is 30.9. The van der Waals surface area contributed by atoms with Crippen LogP contribution in [0.2, 0.25) is 5.02 Å². The third-order valence-corrected chi connectivity index (χ3v) is 7.73. The summed E-state index contributed by atoms with van der Waals surface area (Å²) in [5, 5.41) is 0.537. The summed E-state index contributed by atoms with van der Waals surface area (Å²) in [6.07, 6.45) is 1.73. The van der Waals surface area contributed by atoms with E-state index in [-0.39, 0.29) is 4.90 Å². The first kappa shape index (κ1) is 23.3. The normalized spacial score (nSPS) is 11.7. The Labute approximate surface area is 193 Å². The van der Waals surface area contributed by atoms with Crippen molar-refractivity contribution in [3.8, 4) is 0 Å². The topological polar surface area (TPSA) is 61.8 Å². The molecule has 8 heteroatoms. The summed E-state index contributed by atoms with van der Waals surface area (Å²) in [4.78, 5) is 4.69. The maximum atomic E-state index is 13.3. The molecule has 3 rings (SSSR count). The van der Waals surface area contributed by atoms with E-state index in [4.69, 9.17) is 11.6 Å². The number of rotatable bonds is 8. The molecule has 0 aliphatic carbocycles. The molecule has 0 fully saturated rings. The fraction of sp³-hybridized carbons (Fsp3) is 0.174. The van der Waals surface area contributed by atoms with E-state index in [0.717, 1.165) is 28.9 Å². The highest BCUT2D eigenvalue weighted by molar-refractivity contribution is 8.13. The van der Waals surface area contributed by atoms with Gasteiger partial charge in [0.1, 0.15) is 0 Å². The van der Waals surface area contributed by atoms with Crippen molar-refractivity contribution < 1.29 is 8.42 Å². The lowest BCUT2D eigenvalue weighted by Gasteiger charge is -2.22. The van der Waals surface area contributed by atoms with Crippen LogP contribution in [-0.4, -0.2) is 21.2 Å². The number of aryl methyl sites for hydroxylation is 3. The zero-order valence-corrected chi connectivity index (χ0v) is 19.9. The van der Waals surface area contributed by atoms with Crippen LogP contribution in [0.5, 0.6) is 0 Å². The van der Waals surface area contributed by atoms with Crippen molar-refractivity contribution in [2.75, 3.05) is 10.3 Å². The lowest BCUT2D eigenvalue weighted by atomic mass is 10.1. The van der Waals surface area contributed by atoms with Gasteiger partial charge in [0.25, 0.3) is 10.0 Å². The van der Waals surface area contributed by atoms with Crippen LogP contribution in [0.15, 0.2) is 76.6 Å². The standard InChI is InChI=1S/C23H24ClN3O2S2/c1-17-4-11-22(12-5-17)31(28,29)27(21-9-7-20(24)8-10-21)30-26-15-14-25-23-13-6-18(2)16-19(23)3/h4-14,16,26H,15H2,1-3H3. The Morgan fingerprint density at radius 1 is 0.968 bits per heavy atom. The van der Waals surface area contributed by atoms with Gasteiger partial charge in [-0.1, -0.05) is 47.0 Å². The predicted molar refractivity (Wildman–Crippen MR) is 132 cm³/mol. The second kappa shape index (κ2) is 10.3. The van der Waals surface area contributed by atoms with E-state index in [0.29, 0.717) is 17.3 Å². The third kappa shape index (κ3) is 6.11. The molecule has 0 aromatic heterocycles. The molecule has 162 valence electrons. The molecular weight excluding hydrogens is 450 g/mol. The molecule has 0 heterocycles. The molecule has 0 saturated heterocycles. The fourth-order valence-corrected chi connectivity index (χ4v) is 5.34. The van der Waals surface area contributed by atoms with Gasteiger partial charge in [-0.05, 0) is 68.8 Å². The molecule has 0 radical (unpaired) electrons. The first-order valence-corrected chi connectivity index (χ1v) is 12.2. The Hall–Kier alpha value is -2.32. The number of aliphatic imine (C=N–C) groups is 1. The lowest BCUT2D eigenvalue weighted by molar-refractivity contribution is 0.598. The van der Waals surface area contributed by atoms with Crippen molar-refractivity contribution in [2.24, 2.45) is 4.99 Å². The van der Waals surface area contributed by atoms with Gasteiger partial charge in [-0.3, -0.25) is 4.99 Å². The second-order valence-electron chi connectivity index (χ2n) is 7.06. The van der Waals surface area contributed by atoms with Crippen molar-refractivity contribution in [1.82, 2.24) is 4.72 Å². The number of anilines is 1. The number of hydrogen-bond acceptors (Lipinski definition) is 5. The molecule has 0 aliphatic heterocycles. The first-order valence-electron chi connectivity index (χ1n) is 9.64. The number of benzene rings is 3. The highest BCUT2D eigenvalue weighted by Crippen LogP contribution is 2.30. The SMILES string of the molecule is Cc1ccc(S(=O)(=O)N(SNCC=Nc2ccc(C)cc2C)c2ccc(Cl)cc2)cc1. The van der Waals surface area contributed by atoms with E-state index in [9.17, 15) is 8.42 Å². The van der Waals surface area contributed by atoms with E-state index in [1.165, 1.54) is 9.27 Å². The minimum absolute atomic E-state index is 0.214. The quantitative estimate of drug-likeness (QED) is 0.247. The molecule has 0 unspecified atom stereocenters. The van der Waals surface area contributed by atoms with Gasteiger partial charge >= 0.3 is 0 Å². The highest BCUT2D eigenvalue weighted by Gasteiger charge is 2.26. The van der Waals surface area contributed by atoms with E-state index in [1.807, 2.05) is 32.9 Å². The van der Waals surface area contributed by atoms with Crippen LogP contribution in [0.3, 0.4) is 0 Å². The number of nitrogens with one attached hydrogen (secondary N) is 1. The van der Waals surface area contributed by atoms with Gasteiger partial charge in [0, 0.05) is 17.8 Å². The van der Waals surface area contributed by atoms with Crippen molar-refractivity contribution >= 4 is 51.3 Å². The Balaban J connectivity index is 1.76. The predicted octanol–water partition coefficient (Wildman–Crippen LogP) is 6.02. The van der Waals surface area contributed by atoms with Gasteiger partial charge in [-0.15, -0.1) is 0 Å². The zero-order valence-electron chi connectivity index (χ0n) is 17.5. The molecule has 0 aliphatic rings. The molecule has 0 saturated carbocycles. The largest absolute Gasteiger partial charge is 0.274 e. The smallest absolute Gasteiger partial charge is 0.260 e. The lowest BCUT2D eigenvalue weighted by Crippen LogP contribution is -2.28. The average Bonchev–Trinajstić information content (AvgIpc) is 2.73. The fourth-order valence-electron chi connectivity index (χ4n) is 2.84. The van der Waals surface area contributed by atoms with Crippen LogP contribution in [0.4, 0.5) is 11.4 Å². The molecule has 0 spiro atoms. The van der Waals surface area contributed by atoms with E-state index in [1.54, 1.807) is 54.7 Å². The molecule has 1 N–H and O–H groups in total. The summed E-state index contributed by atoms with van der Waals surface area (Å²) in [6, 6.07) is 19.5. The number of hydrogen-bond donors (Lipinski definition) is 1. The van der Waals surface area contributed by atoms with Crippen molar-refractivity contribution in [2.45, 2.75) is 25.7 Å². The van der Waals surface area contributed by atoms with Crippen LogP contribution >= 0.6 is 23.7 Å². The summed E-state index contributed by atoms with van der Waals surface area (Å²) in [6.45, 7) is 6.35. The third-order valence-electron chi connectivity index (χ3n) is 4.48. The van der Waals surface area contributed by atoms with Crippen LogP contribution in [0, 0.1) is 20.8 Å². The molecule has 3 aromatic carbocycles. The number of halogens is 1. The molecule has 0 bridgehead atoms. The summed E-state index contributed by atoms with van der Waals surface area (Å²) in [5.41, 5.74) is 4.65. The van der Waals surface area contributed by atoms with E-state index in [2.05, 4.69) is 15.8 Å². The zero-order chi connectivity index (χ0) is 22.4. The summed E-state index contributed by atoms with van der Waals surface area (Å²) >= 11 is 6.97. The molecule has 0 amide bonds. The average molecular weight is 474 g/mol. The summed E-state index contributed by atoms with van der Waals surface area (Å²) in [5.74, 6) is 0. The van der Waals surface area contributed by atoms with Gasteiger partial charge in [-0.2, -0.15) is 3.71 Å². The molecular formula is C23H24ClN3O2S2. The Morgan fingerprint density at radius 2 is 1.61 bits per heavy atom. The Kier molecular flexibility index (Phi) is 7.78. The van der Waals surface area contributed by atoms with Gasteiger partial charge in [-0.25, -0.2) is 13.1 Å². The monoisotopic (exact) mass is 473 g/mol. The minimum Gasteiger partial charge on any atom is -0.260 e. The van der Waals surface area contributed by atoms with E-state index >= 15 is 0 Å². The molecule has 0 atom stereocenters. The van der Waals surface area contributed by atoms with Crippen molar-refractivity contribution in [3.05, 3.63) is 88.4 Å². The highest BCUT2D eigenvalue weighted by atomic mass is 35.5. The number of nitrogens with zero attached hydrogens (tertiary/aromatic N) is 2. The maximum absolute atomic E-state index is 13.3. The summed E-state index contributed by atoms with van der Waals surface area (Å²) in [7, 11) is -3.79. The van der Waals surface area contributed by atoms with Gasteiger partial charge in [0.05, 0.1) is 28.4 Å². The van der Waals surface area contributed by atoms with Gasteiger partial charge < -0.3 is 0 Å². The molecule has 5 nitrogen and oxygen atoms in total. The first-order chi connectivity index (χ1) is 14.8. The van der Waals surface area contributed by atoms with Crippen LogP contribution in [-0.2, 0) is 10.0 Å². The second-order valence-corrected chi connectivity index (χ2v) is 10.4. The van der Waals surface area contributed by atoms with Crippen LogP contribution in [0.25, 0.3) is 0 Å². The molecule has 3 aromatic rings. The molecule has 31 heavy (non-hydrogen) atoms. The Morgan fingerprint density at radius 3 is 2.26 bits per heavy atom. The van der Waals surface area contributed by atoms with E-state index < -0.39 is 10.0 Å². The van der Waals surface area contributed by atoms with Gasteiger partial charge in [0.2, 0.25) is 0 Å². The van der Waals surface area contributed by atoms with Crippen molar-refractivity contribution in [1.29, 1.82) is 0 Å². The van der Waals surface area contributed by atoms with Crippen LogP contribution in [0.1, 0.15) is 16.7 Å². The number of sulfonamides is 1. The van der Waals surface area contributed by atoms with Crippen LogP contribution < -0.4 is 8.43 Å². The Bertz CT molecular complexity index is 1160. The maximum Gasteiger partial charge on any atom is 0.274 e. The minimum atomic E-state index is -3.79.